The fraction of sp³-hybridized carbons (Fsp3) is 0.471. The smallest absolute Gasteiger partial charge is 0.324 e. The molecule has 1 aromatic carbocycles. The van der Waals surface area contributed by atoms with Crippen LogP contribution in [-0.2, 0) is 11.2 Å². The van der Waals surface area contributed by atoms with Crippen LogP contribution in [0.2, 0.25) is 0 Å². The highest BCUT2D eigenvalue weighted by Crippen LogP contribution is 2.02. The summed E-state index contributed by atoms with van der Waals surface area (Å²) in [5, 5.41) is 8.82. The number of nitrogens with zero attached hydrogens (tertiary/aromatic N) is 2. The molecule has 7 nitrogen and oxygen atoms in total. The summed E-state index contributed by atoms with van der Waals surface area (Å²) < 4.78 is 0. The Morgan fingerprint density at radius 2 is 2.04 bits per heavy atom. The van der Waals surface area contributed by atoms with Gasteiger partial charge in [0.25, 0.3) is 0 Å². The molecule has 0 unspecified atom stereocenters. The minimum atomic E-state index is -0.327. The van der Waals surface area contributed by atoms with Gasteiger partial charge in [0.2, 0.25) is 5.91 Å². The van der Waals surface area contributed by atoms with Gasteiger partial charge in [-0.15, -0.1) is 0 Å². The van der Waals surface area contributed by atoms with Gasteiger partial charge in [0, 0.05) is 26.2 Å². The average Bonchev–Trinajstić information content (AvgIpc) is 2.91. The van der Waals surface area contributed by atoms with E-state index in [0.717, 1.165) is 19.4 Å². The molecule has 130 valence electrons. The molecule has 0 aliphatic carbocycles. The van der Waals surface area contributed by atoms with E-state index in [1.165, 1.54) is 10.5 Å². The van der Waals surface area contributed by atoms with Gasteiger partial charge in [0.15, 0.2) is 5.96 Å². The van der Waals surface area contributed by atoms with Crippen molar-refractivity contribution in [1.82, 2.24) is 20.9 Å². The highest BCUT2D eigenvalue weighted by atomic mass is 16.2. The number of guanidine groups is 1. The number of aliphatic imine (C=N–C) groups is 1. The lowest BCUT2D eigenvalue weighted by atomic mass is 10.1. The molecule has 1 aliphatic heterocycles. The Kier molecular flexibility index (Phi) is 7.07. The van der Waals surface area contributed by atoms with Crippen LogP contribution in [0, 0.1) is 0 Å². The van der Waals surface area contributed by atoms with E-state index in [2.05, 4.69) is 33.1 Å². The first-order valence-electron chi connectivity index (χ1n) is 8.35. The third-order valence-corrected chi connectivity index (χ3v) is 3.65. The molecule has 7 heteroatoms. The average molecular weight is 331 g/mol. The zero-order chi connectivity index (χ0) is 17.2. The molecular weight excluding hydrogens is 306 g/mol. The zero-order valence-corrected chi connectivity index (χ0v) is 14.0. The SMILES string of the molecule is CCNC(=NCCCc1ccccc1)NCCN1C(=O)CNC1=O. The molecule has 0 radical (unpaired) electrons. The van der Waals surface area contributed by atoms with Gasteiger partial charge in [0.1, 0.15) is 0 Å². The number of hydrogen-bond donors (Lipinski definition) is 3. The second-order valence-electron chi connectivity index (χ2n) is 5.48. The number of urea groups is 1. The molecule has 0 saturated carbocycles. The van der Waals surface area contributed by atoms with E-state index in [-0.39, 0.29) is 18.5 Å². The van der Waals surface area contributed by atoms with E-state index >= 15 is 0 Å². The molecule has 2 rings (SSSR count). The van der Waals surface area contributed by atoms with E-state index < -0.39 is 0 Å². The molecule has 3 N–H and O–H groups in total. The monoisotopic (exact) mass is 331 g/mol. The topological polar surface area (TPSA) is 85.8 Å². The molecule has 0 atom stereocenters. The summed E-state index contributed by atoms with van der Waals surface area (Å²) in [4.78, 5) is 28.7. The van der Waals surface area contributed by atoms with Gasteiger partial charge in [-0.05, 0) is 25.3 Å². The Hall–Kier alpha value is -2.57. The van der Waals surface area contributed by atoms with Crippen molar-refractivity contribution >= 4 is 17.9 Å². The Bertz CT molecular complexity index is 558. The third-order valence-electron chi connectivity index (χ3n) is 3.65. The van der Waals surface area contributed by atoms with Crippen molar-refractivity contribution in [2.75, 3.05) is 32.7 Å². The van der Waals surface area contributed by atoms with Crippen molar-refractivity contribution in [2.45, 2.75) is 19.8 Å². The van der Waals surface area contributed by atoms with Crippen LogP contribution < -0.4 is 16.0 Å². The molecule has 3 amide bonds. The molecular formula is C17H25N5O2. The van der Waals surface area contributed by atoms with E-state index in [9.17, 15) is 9.59 Å². The lowest BCUT2D eigenvalue weighted by Crippen LogP contribution is -2.43. The van der Waals surface area contributed by atoms with Gasteiger partial charge in [0.05, 0.1) is 6.54 Å². The summed E-state index contributed by atoms with van der Waals surface area (Å²) in [5.41, 5.74) is 1.31. The minimum absolute atomic E-state index is 0.0898. The summed E-state index contributed by atoms with van der Waals surface area (Å²) in [6, 6.07) is 10.0. The van der Waals surface area contributed by atoms with Crippen LogP contribution in [0.15, 0.2) is 35.3 Å². The summed E-state index contributed by atoms with van der Waals surface area (Å²) in [7, 11) is 0. The predicted octanol–water partition coefficient (Wildman–Crippen LogP) is 0.726. The summed E-state index contributed by atoms with van der Waals surface area (Å²) in [5.74, 6) is 0.518. The Morgan fingerprint density at radius 1 is 1.25 bits per heavy atom. The van der Waals surface area contributed by atoms with Gasteiger partial charge < -0.3 is 16.0 Å². The number of aryl methyl sites for hydroxylation is 1. The van der Waals surface area contributed by atoms with Crippen molar-refractivity contribution in [3.8, 4) is 0 Å². The van der Waals surface area contributed by atoms with E-state index in [1.54, 1.807) is 0 Å². The Labute approximate surface area is 142 Å². The molecule has 1 fully saturated rings. The Morgan fingerprint density at radius 3 is 2.71 bits per heavy atom. The van der Waals surface area contributed by atoms with Gasteiger partial charge >= 0.3 is 6.03 Å². The first kappa shape index (κ1) is 17.8. The number of nitrogens with one attached hydrogen (secondary N) is 3. The van der Waals surface area contributed by atoms with E-state index in [4.69, 9.17) is 0 Å². The second kappa shape index (κ2) is 9.54. The van der Waals surface area contributed by atoms with E-state index in [0.29, 0.717) is 25.6 Å². The fourth-order valence-electron chi connectivity index (χ4n) is 2.43. The second-order valence-corrected chi connectivity index (χ2v) is 5.48. The number of benzene rings is 1. The fourth-order valence-corrected chi connectivity index (χ4v) is 2.43. The van der Waals surface area contributed by atoms with Crippen LogP contribution in [0.3, 0.4) is 0 Å². The molecule has 24 heavy (non-hydrogen) atoms. The predicted molar refractivity (Wildman–Crippen MR) is 93.9 cm³/mol. The van der Waals surface area contributed by atoms with Crippen molar-refractivity contribution in [2.24, 2.45) is 4.99 Å². The van der Waals surface area contributed by atoms with E-state index in [1.807, 2.05) is 25.1 Å². The van der Waals surface area contributed by atoms with Crippen LogP contribution in [-0.4, -0.2) is 55.5 Å². The molecule has 0 bridgehead atoms. The molecule has 0 aromatic heterocycles. The quantitative estimate of drug-likeness (QED) is 0.284. The van der Waals surface area contributed by atoms with Crippen LogP contribution in [0.1, 0.15) is 18.9 Å². The molecule has 1 heterocycles. The first-order valence-corrected chi connectivity index (χ1v) is 8.35. The summed E-state index contributed by atoms with van der Waals surface area (Å²) in [6.45, 7) is 4.37. The van der Waals surface area contributed by atoms with Crippen LogP contribution in [0.4, 0.5) is 4.79 Å². The maximum atomic E-state index is 11.5. The molecule has 1 aliphatic rings. The number of hydrogen-bond acceptors (Lipinski definition) is 3. The highest BCUT2D eigenvalue weighted by Gasteiger charge is 2.27. The van der Waals surface area contributed by atoms with Crippen LogP contribution >= 0.6 is 0 Å². The number of carbonyl (C=O) groups is 2. The zero-order valence-electron chi connectivity index (χ0n) is 14.0. The van der Waals surface area contributed by atoms with Crippen LogP contribution in [0.25, 0.3) is 0 Å². The largest absolute Gasteiger partial charge is 0.357 e. The van der Waals surface area contributed by atoms with Crippen molar-refractivity contribution < 1.29 is 9.59 Å². The maximum Gasteiger partial charge on any atom is 0.324 e. The number of amides is 3. The highest BCUT2D eigenvalue weighted by molar-refractivity contribution is 6.01. The Balaban J connectivity index is 1.72. The van der Waals surface area contributed by atoms with Gasteiger partial charge in [-0.25, -0.2) is 4.79 Å². The molecule has 0 spiro atoms. The van der Waals surface area contributed by atoms with Crippen LogP contribution in [0.5, 0.6) is 0 Å². The van der Waals surface area contributed by atoms with Crippen molar-refractivity contribution in [3.05, 3.63) is 35.9 Å². The molecule has 1 aromatic rings. The number of rotatable bonds is 8. The molecule has 1 saturated heterocycles. The summed E-state index contributed by atoms with van der Waals surface area (Å²) in [6.07, 6.45) is 1.96. The standard InChI is InChI=1S/C17H25N5O2/c1-2-18-16(19-10-6-9-14-7-4-3-5-8-14)20-11-12-22-15(23)13-21-17(22)24/h3-5,7-8H,2,6,9-13H2,1H3,(H,21,24)(H2,18,19,20). The van der Waals surface area contributed by atoms with Crippen molar-refractivity contribution in [3.63, 3.8) is 0 Å². The number of imide groups is 1. The van der Waals surface area contributed by atoms with Gasteiger partial charge in [-0.2, -0.15) is 0 Å². The normalized spacial score (nSPS) is 14.7. The third kappa shape index (κ3) is 5.57. The van der Waals surface area contributed by atoms with Gasteiger partial charge in [-0.3, -0.25) is 14.7 Å². The number of carbonyl (C=O) groups excluding carboxylic acids is 2. The van der Waals surface area contributed by atoms with Crippen molar-refractivity contribution in [1.29, 1.82) is 0 Å². The summed E-state index contributed by atoms with van der Waals surface area (Å²) >= 11 is 0. The lowest BCUT2D eigenvalue weighted by Gasteiger charge is -2.15. The first-order chi connectivity index (χ1) is 11.7. The lowest BCUT2D eigenvalue weighted by molar-refractivity contribution is -0.124. The maximum absolute atomic E-state index is 11.5. The minimum Gasteiger partial charge on any atom is -0.357 e. The van der Waals surface area contributed by atoms with Gasteiger partial charge in [-0.1, -0.05) is 30.3 Å².